The van der Waals surface area contributed by atoms with Gasteiger partial charge in [0.1, 0.15) is 13.2 Å². The van der Waals surface area contributed by atoms with E-state index in [1.54, 1.807) is 0 Å². The molecule has 0 rings (SSSR count). The molecule has 0 aliphatic rings. The molecule has 0 fully saturated rings. The summed E-state index contributed by atoms with van der Waals surface area (Å²) < 4.78 is 16.8. The normalized spacial score (nSPS) is 12.1. The van der Waals surface area contributed by atoms with E-state index in [4.69, 9.17) is 14.2 Å². The molecule has 0 aromatic rings. The Morgan fingerprint density at radius 3 is 0.951 bits per heavy atom. The molecular formula is C55H102O6. The van der Waals surface area contributed by atoms with Gasteiger partial charge in [-0.25, -0.2) is 0 Å². The Morgan fingerprint density at radius 1 is 0.328 bits per heavy atom. The maximum Gasteiger partial charge on any atom is 0.306 e. The highest BCUT2D eigenvalue weighted by molar-refractivity contribution is 5.71. The first-order chi connectivity index (χ1) is 30.0. The summed E-state index contributed by atoms with van der Waals surface area (Å²) in [6.45, 7) is 6.61. The van der Waals surface area contributed by atoms with Crippen molar-refractivity contribution in [2.45, 2.75) is 297 Å². The molecule has 61 heavy (non-hydrogen) atoms. The number of hydrogen-bond donors (Lipinski definition) is 0. The number of rotatable bonds is 49. The minimum Gasteiger partial charge on any atom is -0.462 e. The van der Waals surface area contributed by atoms with Crippen LogP contribution >= 0.6 is 0 Å². The van der Waals surface area contributed by atoms with E-state index in [0.29, 0.717) is 19.3 Å². The van der Waals surface area contributed by atoms with E-state index in [-0.39, 0.29) is 31.1 Å². The van der Waals surface area contributed by atoms with Crippen molar-refractivity contribution in [3.05, 3.63) is 24.3 Å². The van der Waals surface area contributed by atoms with Gasteiger partial charge in [-0.05, 0) is 44.9 Å². The zero-order valence-electron chi connectivity index (χ0n) is 40.9. The Bertz CT molecular complexity index is 989. The fourth-order valence-electron chi connectivity index (χ4n) is 7.87. The van der Waals surface area contributed by atoms with Crippen molar-refractivity contribution in [1.82, 2.24) is 0 Å². The molecule has 0 N–H and O–H groups in total. The van der Waals surface area contributed by atoms with E-state index >= 15 is 0 Å². The van der Waals surface area contributed by atoms with Crippen LogP contribution in [-0.2, 0) is 28.6 Å². The average molecular weight is 859 g/mol. The number of esters is 3. The number of carbonyl (C=O) groups is 3. The second-order valence-corrected chi connectivity index (χ2v) is 18.2. The van der Waals surface area contributed by atoms with Gasteiger partial charge in [0.15, 0.2) is 6.10 Å². The predicted molar refractivity (Wildman–Crippen MR) is 261 cm³/mol. The second-order valence-electron chi connectivity index (χ2n) is 18.2. The first kappa shape index (κ1) is 58.9. The standard InChI is InChI=1S/C55H102O6/c1-4-7-10-13-16-19-22-24-26-27-28-29-30-32-33-36-39-42-45-48-54(57)60-51-52(50-59-53(56)47-44-41-38-35-21-18-15-12-9-6-3)61-55(58)49-46-43-40-37-34-31-25-23-20-17-14-11-8-5-2/h14,17,23,25,52H,4-13,15-16,18-22,24,26-51H2,1-3H3/b17-14-,25-23-. The summed E-state index contributed by atoms with van der Waals surface area (Å²) in [5.74, 6) is -0.872. The number of allylic oxidation sites excluding steroid dienone is 4. The van der Waals surface area contributed by atoms with Gasteiger partial charge >= 0.3 is 17.9 Å². The molecule has 0 aromatic heterocycles. The smallest absolute Gasteiger partial charge is 0.306 e. The molecule has 0 heterocycles. The van der Waals surface area contributed by atoms with Crippen molar-refractivity contribution >= 4 is 17.9 Å². The van der Waals surface area contributed by atoms with E-state index in [1.807, 2.05) is 0 Å². The van der Waals surface area contributed by atoms with Gasteiger partial charge in [-0.1, -0.05) is 251 Å². The molecule has 0 spiro atoms. The molecule has 358 valence electrons. The monoisotopic (exact) mass is 859 g/mol. The summed E-state index contributed by atoms with van der Waals surface area (Å²) in [5.41, 5.74) is 0. The Morgan fingerprint density at radius 2 is 0.607 bits per heavy atom. The van der Waals surface area contributed by atoms with Gasteiger partial charge in [0, 0.05) is 19.3 Å². The molecule has 1 atom stereocenters. The number of carbonyl (C=O) groups excluding carboxylic acids is 3. The van der Waals surface area contributed by atoms with Gasteiger partial charge in [0.2, 0.25) is 0 Å². The third-order valence-electron chi connectivity index (χ3n) is 12.0. The van der Waals surface area contributed by atoms with Crippen LogP contribution in [0.5, 0.6) is 0 Å². The Labute approximate surface area is 379 Å². The SMILES string of the molecule is CCCC/C=C\C/C=C\CCCCCCCC(=O)OC(COC(=O)CCCCCCCCCCCC)COC(=O)CCCCCCCCCCCCCCCCCCCCC. The molecular weight excluding hydrogens is 757 g/mol. The third-order valence-corrected chi connectivity index (χ3v) is 12.0. The fourth-order valence-corrected chi connectivity index (χ4v) is 7.87. The Hall–Kier alpha value is -2.11. The number of ether oxygens (including phenoxy) is 3. The second kappa shape index (κ2) is 50.5. The lowest BCUT2D eigenvalue weighted by molar-refractivity contribution is -0.167. The van der Waals surface area contributed by atoms with Crippen molar-refractivity contribution in [2.75, 3.05) is 13.2 Å². The molecule has 1 unspecified atom stereocenters. The van der Waals surface area contributed by atoms with Crippen molar-refractivity contribution in [3.8, 4) is 0 Å². The Balaban J connectivity index is 4.27. The minimum absolute atomic E-state index is 0.0721. The summed E-state index contributed by atoms with van der Waals surface area (Å²) >= 11 is 0. The highest BCUT2D eigenvalue weighted by Gasteiger charge is 2.19. The molecule has 0 aliphatic carbocycles. The van der Waals surface area contributed by atoms with Crippen LogP contribution in [0.1, 0.15) is 290 Å². The van der Waals surface area contributed by atoms with Crippen LogP contribution in [0, 0.1) is 0 Å². The van der Waals surface area contributed by atoms with Crippen LogP contribution in [0.15, 0.2) is 24.3 Å². The van der Waals surface area contributed by atoms with Crippen molar-refractivity contribution in [2.24, 2.45) is 0 Å². The first-order valence-corrected chi connectivity index (χ1v) is 26.8. The molecule has 0 aromatic carbocycles. The van der Waals surface area contributed by atoms with Crippen LogP contribution in [0.3, 0.4) is 0 Å². The van der Waals surface area contributed by atoms with E-state index in [0.717, 1.165) is 83.5 Å². The topological polar surface area (TPSA) is 78.9 Å². The highest BCUT2D eigenvalue weighted by atomic mass is 16.6. The van der Waals surface area contributed by atoms with Crippen molar-refractivity contribution in [1.29, 1.82) is 0 Å². The van der Waals surface area contributed by atoms with E-state index in [9.17, 15) is 14.4 Å². The zero-order valence-corrected chi connectivity index (χ0v) is 40.9. The summed E-state index contributed by atoms with van der Waals surface area (Å²) in [6, 6.07) is 0. The van der Waals surface area contributed by atoms with Crippen LogP contribution in [0.4, 0.5) is 0 Å². The lowest BCUT2D eigenvalue weighted by Crippen LogP contribution is -2.30. The summed E-state index contributed by atoms with van der Waals surface area (Å²) in [5, 5.41) is 0. The first-order valence-electron chi connectivity index (χ1n) is 26.8. The highest BCUT2D eigenvalue weighted by Crippen LogP contribution is 2.16. The quantitative estimate of drug-likeness (QED) is 0.0262. The molecule has 0 aliphatic heterocycles. The average Bonchev–Trinajstić information content (AvgIpc) is 3.26. The van der Waals surface area contributed by atoms with Gasteiger partial charge in [-0.15, -0.1) is 0 Å². The fraction of sp³-hybridized carbons (Fsp3) is 0.873. The molecule has 0 saturated carbocycles. The molecule has 6 nitrogen and oxygen atoms in total. The Kier molecular flexibility index (Phi) is 48.8. The summed E-state index contributed by atoms with van der Waals surface area (Å²) in [7, 11) is 0. The number of unbranched alkanes of at least 4 members (excludes halogenated alkanes) is 34. The molecule has 0 amide bonds. The van der Waals surface area contributed by atoms with Gasteiger partial charge in [-0.3, -0.25) is 14.4 Å². The lowest BCUT2D eigenvalue weighted by atomic mass is 10.0. The predicted octanol–water partition coefficient (Wildman–Crippen LogP) is 17.5. The molecule has 6 heteroatoms. The minimum atomic E-state index is -0.772. The summed E-state index contributed by atoms with van der Waals surface area (Å²) in [4.78, 5) is 37.9. The van der Waals surface area contributed by atoms with Gasteiger partial charge in [0.05, 0.1) is 0 Å². The van der Waals surface area contributed by atoms with Crippen LogP contribution < -0.4 is 0 Å². The van der Waals surface area contributed by atoms with Gasteiger partial charge in [-0.2, -0.15) is 0 Å². The van der Waals surface area contributed by atoms with Gasteiger partial charge < -0.3 is 14.2 Å². The van der Waals surface area contributed by atoms with Crippen molar-refractivity contribution in [3.63, 3.8) is 0 Å². The van der Waals surface area contributed by atoms with Crippen LogP contribution in [0.2, 0.25) is 0 Å². The maximum atomic E-state index is 12.8. The van der Waals surface area contributed by atoms with E-state index < -0.39 is 6.10 Å². The molecule has 0 saturated heterocycles. The van der Waals surface area contributed by atoms with E-state index in [2.05, 4.69) is 45.1 Å². The largest absolute Gasteiger partial charge is 0.462 e. The van der Waals surface area contributed by atoms with Crippen LogP contribution in [0.25, 0.3) is 0 Å². The summed E-state index contributed by atoms with van der Waals surface area (Å²) in [6.07, 6.45) is 57.4. The molecule has 0 radical (unpaired) electrons. The number of hydrogen-bond acceptors (Lipinski definition) is 6. The van der Waals surface area contributed by atoms with Gasteiger partial charge in [0.25, 0.3) is 0 Å². The maximum absolute atomic E-state index is 12.8. The van der Waals surface area contributed by atoms with E-state index in [1.165, 1.54) is 167 Å². The third kappa shape index (κ3) is 48.8. The lowest BCUT2D eigenvalue weighted by Gasteiger charge is -2.18. The zero-order chi connectivity index (χ0) is 44.4. The molecule has 0 bridgehead atoms. The van der Waals surface area contributed by atoms with Crippen molar-refractivity contribution < 1.29 is 28.6 Å². The van der Waals surface area contributed by atoms with Crippen LogP contribution in [-0.4, -0.2) is 37.2 Å².